The molecule has 3 aromatic rings. The molecule has 1 amide bonds. The number of nitrogens with two attached hydrogens (primary N) is 1. The van der Waals surface area contributed by atoms with Crippen LogP contribution in [0.1, 0.15) is 37.3 Å². The van der Waals surface area contributed by atoms with Gasteiger partial charge in [-0.2, -0.15) is 4.72 Å². The van der Waals surface area contributed by atoms with E-state index in [1.165, 1.54) is 12.4 Å². The molecule has 10 heteroatoms. The molecule has 1 aromatic heterocycles. The molecule has 1 saturated heterocycles. The van der Waals surface area contributed by atoms with E-state index in [4.69, 9.17) is 5.73 Å². The van der Waals surface area contributed by atoms with Gasteiger partial charge in [0, 0.05) is 31.2 Å². The van der Waals surface area contributed by atoms with Crippen LogP contribution < -0.4 is 15.8 Å². The molecule has 1 aliphatic heterocycles. The fourth-order valence-corrected chi connectivity index (χ4v) is 6.40. The Morgan fingerprint density at radius 1 is 1.05 bits per heavy atom. The molecule has 4 rings (SSSR count). The van der Waals surface area contributed by atoms with E-state index in [0.29, 0.717) is 36.8 Å². The van der Waals surface area contributed by atoms with Gasteiger partial charge in [-0.1, -0.05) is 55.8 Å². The Labute approximate surface area is 236 Å². The first-order valence-electron chi connectivity index (χ1n) is 13.8. The summed E-state index contributed by atoms with van der Waals surface area (Å²) in [7, 11) is -4.17. The lowest BCUT2D eigenvalue weighted by Crippen LogP contribution is -2.51. The molecule has 9 nitrogen and oxygen atoms in total. The van der Waals surface area contributed by atoms with Crippen molar-refractivity contribution in [2.24, 2.45) is 5.92 Å². The van der Waals surface area contributed by atoms with Crippen molar-refractivity contribution in [2.75, 3.05) is 30.7 Å². The molecule has 2 heterocycles. The first kappa shape index (κ1) is 29.5. The van der Waals surface area contributed by atoms with Crippen LogP contribution in [0.5, 0.6) is 0 Å². The molecule has 1 fully saturated rings. The average molecular weight is 566 g/mol. The Morgan fingerprint density at radius 3 is 2.38 bits per heavy atom. The highest BCUT2D eigenvalue weighted by Gasteiger charge is 2.32. The molecule has 0 unspecified atom stereocenters. The summed E-state index contributed by atoms with van der Waals surface area (Å²) in [5, 5.41) is 13.2. The molecular weight excluding hydrogens is 526 g/mol. The Balaban J connectivity index is 1.57. The number of carbonyl (C=O) groups excluding carboxylic acids is 1. The molecule has 0 spiro atoms. The van der Waals surface area contributed by atoms with Crippen LogP contribution in [-0.4, -0.2) is 61.1 Å². The molecule has 0 radical (unpaired) electrons. The number of nitrogen functional groups attached to an aromatic ring is 1. The zero-order valence-electron chi connectivity index (χ0n) is 22.9. The summed E-state index contributed by atoms with van der Waals surface area (Å²) in [6, 6.07) is 16.9. The lowest BCUT2D eigenvalue weighted by atomic mass is 9.94. The molecule has 214 valence electrons. The minimum atomic E-state index is -4.17. The Hall–Kier alpha value is -3.47. The van der Waals surface area contributed by atoms with Crippen LogP contribution in [0.3, 0.4) is 0 Å². The van der Waals surface area contributed by atoms with Gasteiger partial charge in [0.25, 0.3) is 0 Å². The number of pyridine rings is 1. The Morgan fingerprint density at radius 2 is 1.73 bits per heavy atom. The van der Waals surface area contributed by atoms with Crippen LogP contribution in [0.15, 0.2) is 78.0 Å². The highest BCUT2D eigenvalue weighted by atomic mass is 32.2. The van der Waals surface area contributed by atoms with Crippen LogP contribution in [0, 0.1) is 5.92 Å². The highest BCUT2D eigenvalue weighted by molar-refractivity contribution is 7.89. The monoisotopic (exact) mass is 565 g/mol. The van der Waals surface area contributed by atoms with Gasteiger partial charge in [0.2, 0.25) is 15.9 Å². The van der Waals surface area contributed by atoms with Crippen molar-refractivity contribution >= 4 is 27.3 Å². The van der Waals surface area contributed by atoms with Gasteiger partial charge in [-0.25, -0.2) is 8.42 Å². The molecule has 40 heavy (non-hydrogen) atoms. The summed E-state index contributed by atoms with van der Waals surface area (Å²) in [6.45, 7) is 3.17. The van der Waals surface area contributed by atoms with E-state index in [2.05, 4.69) is 21.9 Å². The van der Waals surface area contributed by atoms with Crippen LogP contribution in [0.2, 0.25) is 0 Å². The minimum absolute atomic E-state index is 0.0821. The highest BCUT2D eigenvalue weighted by Crippen LogP contribution is 2.24. The number of aliphatic hydroxyl groups is 1. The number of nitrogens with one attached hydrogen (secondary N) is 2. The number of likely N-dealkylation sites (tertiary alicyclic amines) is 1. The van der Waals surface area contributed by atoms with Gasteiger partial charge in [-0.3, -0.25) is 9.78 Å². The maximum absolute atomic E-state index is 13.8. The molecule has 0 saturated carbocycles. The smallest absolute Gasteiger partial charge is 0.244 e. The Bertz CT molecular complexity index is 1340. The standard InChI is InChI=1S/C30H39N5O4S/c1-2-22-13-16-35(17-14-22)30(37)28(19-24-8-10-25(31)11-9-24)34-40(38,39)29-20-32-15-12-27(29)33-26(21-36)18-23-6-4-3-5-7-23/h3-12,15,20,22,26,28,34,36H,2,13-14,16-19,21,31H2,1H3,(H,32,33)/t26-,28-/m0/s1. The number of rotatable bonds is 12. The lowest BCUT2D eigenvalue weighted by Gasteiger charge is -2.34. The Kier molecular flexibility index (Phi) is 10.1. The fourth-order valence-electron chi connectivity index (χ4n) is 5.09. The number of sulfonamides is 1. The third kappa shape index (κ3) is 7.80. The average Bonchev–Trinajstić information content (AvgIpc) is 2.98. The summed E-state index contributed by atoms with van der Waals surface area (Å²) < 4.78 is 30.2. The van der Waals surface area contributed by atoms with E-state index in [0.717, 1.165) is 30.4 Å². The lowest BCUT2D eigenvalue weighted by molar-refractivity contribution is -0.134. The largest absolute Gasteiger partial charge is 0.399 e. The first-order chi connectivity index (χ1) is 19.3. The number of benzene rings is 2. The molecule has 2 aromatic carbocycles. The van der Waals surface area contributed by atoms with Crippen molar-refractivity contribution in [2.45, 2.75) is 56.0 Å². The maximum atomic E-state index is 13.8. The topological polar surface area (TPSA) is 138 Å². The summed E-state index contributed by atoms with van der Waals surface area (Å²) in [5.41, 5.74) is 8.54. The normalized spacial score (nSPS) is 15.9. The number of carbonyl (C=O) groups is 1. The summed E-state index contributed by atoms with van der Waals surface area (Å²) in [6.07, 6.45) is 6.32. The van der Waals surface area contributed by atoms with E-state index < -0.39 is 22.1 Å². The van der Waals surface area contributed by atoms with Gasteiger partial charge >= 0.3 is 0 Å². The molecule has 0 bridgehead atoms. The van der Waals surface area contributed by atoms with Crippen LogP contribution in [0.25, 0.3) is 0 Å². The second-order valence-electron chi connectivity index (χ2n) is 10.4. The number of hydrogen-bond donors (Lipinski definition) is 4. The van der Waals surface area contributed by atoms with E-state index in [1.54, 1.807) is 35.2 Å². The van der Waals surface area contributed by atoms with E-state index in [9.17, 15) is 18.3 Å². The number of aromatic nitrogens is 1. The number of amides is 1. The van der Waals surface area contributed by atoms with Gasteiger partial charge in [0.1, 0.15) is 10.9 Å². The SMILES string of the molecule is CCC1CCN(C(=O)[C@H](Cc2ccc(N)cc2)NS(=O)(=O)c2cnccc2N[C@H](CO)Cc2ccccc2)CC1. The quantitative estimate of drug-likeness (QED) is 0.248. The van der Waals surface area contributed by atoms with Crippen LogP contribution in [0.4, 0.5) is 11.4 Å². The van der Waals surface area contributed by atoms with Gasteiger partial charge in [0.15, 0.2) is 0 Å². The van der Waals surface area contributed by atoms with Crippen molar-refractivity contribution < 1.29 is 18.3 Å². The molecule has 2 atom stereocenters. The predicted octanol–water partition coefficient (Wildman–Crippen LogP) is 3.22. The van der Waals surface area contributed by atoms with E-state index >= 15 is 0 Å². The number of aliphatic hydroxyl groups excluding tert-OH is 1. The van der Waals surface area contributed by atoms with E-state index in [1.807, 2.05) is 30.3 Å². The number of anilines is 2. The minimum Gasteiger partial charge on any atom is -0.399 e. The second kappa shape index (κ2) is 13.7. The van der Waals surface area contributed by atoms with Crippen LogP contribution in [-0.2, 0) is 27.7 Å². The van der Waals surface area contributed by atoms with Crippen molar-refractivity contribution in [1.29, 1.82) is 0 Å². The summed E-state index contributed by atoms with van der Waals surface area (Å²) >= 11 is 0. The van der Waals surface area contributed by atoms with Crippen molar-refractivity contribution in [1.82, 2.24) is 14.6 Å². The molecular formula is C30H39N5O4S. The maximum Gasteiger partial charge on any atom is 0.244 e. The third-order valence-electron chi connectivity index (χ3n) is 7.50. The van der Waals surface area contributed by atoms with Gasteiger partial charge in [-0.15, -0.1) is 0 Å². The summed E-state index contributed by atoms with van der Waals surface area (Å²) in [5.74, 6) is 0.335. The number of nitrogens with zero attached hydrogens (tertiary/aromatic N) is 2. The number of hydrogen-bond acceptors (Lipinski definition) is 7. The zero-order valence-corrected chi connectivity index (χ0v) is 23.7. The number of piperidine rings is 1. The molecule has 5 N–H and O–H groups in total. The van der Waals surface area contributed by atoms with E-state index in [-0.39, 0.29) is 23.8 Å². The van der Waals surface area contributed by atoms with Gasteiger partial charge < -0.3 is 21.1 Å². The second-order valence-corrected chi connectivity index (χ2v) is 12.1. The molecule has 0 aliphatic carbocycles. The molecule has 1 aliphatic rings. The van der Waals surface area contributed by atoms with Crippen molar-refractivity contribution in [3.8, 4) is 0 Å². The third-order valence-corrected chi connectivity index (χ3v) is 9.00. The zero-order chi connectivity index (χ0) is 28.5. The first-order valence-corrected chi connectivity index (χ1v) is 15.3. The fraction of sp³-hybridized carbons (Fsp3) is 0.400. The predicted molar refractivity (Wildman–Crippen MR) is 157 cm³/mol. The van der Waals surface area contributed by atoms with Crippen molar-refractivity contribution in [3.05, 3.63) is 84.2 Å². The van der Waals surface area contributed by atoms with Gasteiger partial charge in [0.05, 0.1) is 18.3 Å². The van der Waals surface area contributed by atoms with Crippen molar-refractivity contribution in [3.63, 3.8) is 0 Å². The van der Waals surface area contributed by atoms with Gasteiger partial charge in [-0.05, 0) is 60.9 Å². The van der Waals surface area contributed by atoms with Crippen LogP contribution >= 0.6 is 0 Å². The summed E-state index contributed by atoms with van der Waals surface area (Å²) in [4.78, 5) is 19.4.